The van der Waals surface area contributed by atoms with Gasteiger partial charge in [0, 0.05) is 7.39 Å². The zero-order valence-corrected chi connectivity index (χ0v) is 5.91. The maximum atomic E-state index is 7.50. The fourth-order valence-corrected chi connectivity index (χ4v) is 0.767. The molecule has 0 aromatic rings. The van der Waals surface area contributed by atoms with Crippen molar-refractivity contribution >= 4 is 0 Å². The molecule has 0 aliphatic rings. The Kier molecular flexibility index (Phi) is 3.88. The van der Waals surface area contributed by atoms with Crippen LogP contribution in [-0.4, -0.2) is 6.02 Å². The van der Waals surface area contributed by atoms with Crippen LogP contribution in [0.2, 0.25) is 0 Å². The van der Waals surface area contributed by atoms with Gasteiger partial charge in [-0.1, -0.05) is 26.7 Å². The summed E-state index contributed by atoms with van der Waals surface area (Å²) in [6.45, 7) is 4.12. The molecular formula is C7H17N. The van der Waals surface area contributed by atoms with Crippen molar-refractivity contribution < 1.29 is 1.37 Å². The van der Waals surface area contributed by atoms with Gasteiger partial charge in [0.25, 0.3) is 0 Å². The molecule has 0 radical (unpaired) electrons. The first-order chi connectivity index (χ1) is 4.12. The Labute approximate surface area is 53.7 Å². The summed E-state index contributed by atoms with van der Waals surface area (Å²) in [5.74, 6) is 0. The number of nitrogens with two attached hydrogens (primary N) is 1. The van der Waals surface area contributed by atoms with Gasteiger partial charge in [0.2, 0.25) is 0 Å². The van der Waals surface area contributed by atoms with E-state index in [9.17, 15) is 0 Å². The summed E-state index contributed by atoms with van der Waals surface area (Å²) in [6, 6.07) is -0.649. The number of rotatable bonds is 4. The Morgan fingerprint density at radius 2 is 1.75 bits per heavy atom. The molecule has 8 heavy (non-hydrogen) atoms. The SMILES string of the molecule is [3H]C(N)(CCC)CCC. The van der Waals surface area contributed by atoms with E-state index in [2.05, 4.69) is 13.8 Å². The monoisotopic (exact) mass is 117 g/mol. The van der Waals surface area contributed by atoms with E-state index in [1.54, 1.807) is 0 Å². The first-order valence-corrected chi connectivity index (χ1v) is 3.41. The van der Waals surface area contributed by atoms with Gasteiger partial charge >= 0.3 is 0 Å². The van der Waals surface area contributed by atoms with Crippen LogP contribution >= 0.6 is 0 Å². The second kappa shape index (κ2) is 5.10. The largest absolute Gasteiger partial charge is 0.328 e. The van der Waals surface area contributed by atoms with Crippen LogP contribution < -0.4 is 5.73 Å². The van der Waals surface area contributed by atoms with Crippen LogP contribution in [0.5, 0.6) is 0 Å². The highest BCUT2D eigenvalue weighted by Crippen LogP contribution is 1.99. The normalized spacial score (nSPS) is 13.6. The van der Waals surface area contributed by atoms with Crippen molar-refractivity contribution in [1.82, 2.24) is 0 Å². The minimum Gasteiger partial charge on any atom is -0.328 e. The minimum absolute atomic E-state index is 0.649. The van der Waals surface area contributed by atoms with Crippen molar-refractivity contribution in [2.24, 2.45) is 5.73 Å². The van der Waals surface area contributed by atoms with Crippen LogP contribution in [-0.2, 0) is 0 Å². The third kappa shape index (κ3) is 4.13. The molecular weight excluding hydrogens is 98.1 g/mol. The summed E-state index contributed by atoms with van der Waals surface area (Å²) in [6.07, 6.45) is 3.67. The van der Waals surface area contributed by atoms with Crippen molar-refractivity contribution in [3.63, 3.8) is 0 Å². The van der Waals surface area contributed by atoms with Crippen molar-refractivity contribution in [1.29, 1.82) is 0 Å². The predicted molar refractivity (Wildman–Crippen MR) is 37.8 cm³/mol. The highest BCUT2D eigenvalue weighted by Gasteiger charge is 1.95. The summed E-state index contributed by atoms with van der Waals surface area (Å²) in [5.41, 5.74) is 5.60. The fourth-order valence-electron chi connectivity index (χ4n) is 0.767. The summed E-state index contributed by atoms with van der Waals surface area (Å²) in [7, 11) is 0. The Bertz CT molecular complexity index is 63.3. The van der Waals surface area contributed by atoms with E-state index in [4.69, 9.17) is 7.10 Å². The molecule has 1 nitrogen and oxygen atoms in total. The lowest BCUT2D eigenvalue weighted by atomic mass is 10.1. The predicted octanol–water partition coefficient (Wildman–Crippen LogP) is 1.91. The van der Waals surface area contributed by atoms with Crippen molar-refractivity contribution in [2.45, 2.75) is 45.5 Å². The van der Waals surface area contributed by atoms with Gasteiger partial charge in [-0.15, -0.1) is 0 Å². The molecule has 50 valence electrons. The fraction of sp³-hybridized carbons (Fsp3) is 1.00. The van der Waals surface area contributed by atoms with Gasteiger partial charge in [-0.2, -0.15) is 0 Å². The van der Waals surface area contributed by atoms with Gasteiger partial charge in [-0.25, -0.2) is 0 Å². The molecule has 0 aromatic carbocycles. The Hall–Kier alpha value is -0.0400. The quantitative estimate of drug-likeness (QED) is 0.598. The van der Waals surface area contributed by atoms with Crippen molar-refractivity contribution in [3.8, 4) is 0 Å². The molecule has 0 unspecified atom stereocenters. The van der Waals surface area contributed by atoms with E-state index < -0.39 is 6.02 Å². The zero-order valence-electron chi connectivity index (χ0n) is 6.91. The van der Waals surface area contributed by atoms with Crippen molar-refractivity contribution in [2.75, 3.05) is 0 Å². The smallest absolute Gasteiger partial charge is 0.0462 e. The van der Waals surface area contributed by atoms with Gasteiger partial charge in [0.15, 0.2) is 0 Å². The van der Waals surface area contributed by atoms with E-state index in [1.807, 2.05) is 0 Å². The van der Waals surface area contributed by atoms with E-state index in [-0.39, 0.29) is 0 Å². The molecule has 0 spiro atoms. The standard InChI is InChI=1S/C7H17N/c1-3-5-7(8)6-4-2/h7H,3-6,8H2,1-2H3/i7T. The van der Waals surface area contributed by atoms with Gasteiger partial charge < -0.3 is 5.73 Å². The van der Waals surface area contributed by atoms with Crippen LogP contribution in [0.4, 0.5) is 0 Å². The van der Waals surface area contributed by atoms with Gasteiger partial charge in [0.05, 0.1) is 0 Å². The highest BCUT2D eigenvalue weighted by molar-refractivity contribution is 4.57. The third-order valence-electron chi connectivity index (χ3n) is 1.14. The lowest BCUT2D eigenvalue weighted by Gasteiger charge is -2.05. The molecule has 0 aliphatic heterocycles. The molecule has 0 aromatic heterocycles. The number of hydrogen-bond acceptors (Lipinski definition) is 1. The summed E-state index contributed by atoms with van der Waals surface area (Å²) in [5, 5.41) is 0. The first-order valence-electron chi connectivity index (χ1n) is 3.91. The molecule has 0 aliphatic carbocycles. The molecule has 0 amide bonds. The van der Waals surface area contributed by atoms with Crippen LogP contribution in [0.15, 0.2) is 0 Å². The molecule has 0 atom stereocenters. The molecule has 0 rings (SSSR count). The van der Waals surface area contributed by atoms with E-state index in [0.717, 1.165) is 25.7 Å². The molecule has 1 heteroatoms. The van der Waals surface area contributed by atoms with Gasteiger partial charge in [-0.3, -0.25) is 0 Å². The van der Waals surface area contributed by atoms with Crippen LogP contribution in [0.1, 0.15) is 40.9 Å². The molecule has 0 fully saturated rings. The maximum Gasteiger partial charge on any atom is 0.0462 e. The molecule has 0 heterocycles. The summed E-state index contributed by atoms with van der Waals surface area (Å²) in [4.78, 5) is 0. The van der Waals surface area contributed by atoms with Crippen molar-refractivity contribution in [3.05, 3.63) is 0 Å². The Morgan fingerprint density at radius 1 is 1.38 bits per heavy atom. The first kappa shape index (κ1) is 6.09. The average molecular weight is 117 g/mol. The summed E-state index contributed by atoms with van der Waals surface area (Å²) < 4.78 is 7.50. The zero-order chi connectivity index (χ0) is 7.33. The molecule has 0 saturated heterocycles. The minimum atomic E-state index is -0.649. The Morgan fingerprint density at radius 3 is 2.00 bits per heavy atom. The second-order valence-electron chi connectivity index (χ2n) is 2.16. The van der Waals surface area contributed by atoms with Crippen LogP contribution in [0.3, 0.4) is 0 Å². The maximum absolute atomic E-state index is 7.50. The van der Waals surface area contributed by atoms with E-state index in [1.165, 1.54) is 0 Å². The van der Waals surface area contributed by atoms with Gasteiger partial charge in [-0.05, 0) is 12.8 Å². The average Bonchev–Trinajstić information content (AvgIpc) is 1.64. The molecule has 0 saturated carbocycles. The second-order valence-corrected chi connectivity index (χ2v) is 2.16. The van der Waals surface area contributed by atoms with Crippen LogP contribution in [0, 0.1) is 0 Å². The van der Waals surface area contributed by atoms with E-state index in [0.29, 0.717) is 0 Å². The third-order valence-corrected chi connectivity index (χ3v) is 1.14. The lowest BCUT2D eigenvalue weighted by molar-refractivity contribution is 0.554. The highest BCUT2D eigenvalue weighted by atomic mass is 14.6. The lowest BCUT2D eigenvalue weighted by Crippen LogP contribution is -2.18. The topological polar surface area (TPSA) is 26.0 Å². The van der Waals surface area contributed by atoms with Crippen LogP contribution in [0.25, 0.3) is 0 Å². The van der Waals surface area contributed by atoms with E-state index >= 15 is 0 Å². The Balaban J connectivity index is 3.43. The number of hydrogen-bond donors (Lipinski definition) is 1. The van der Waals surface area contributed by atoms with Gasteiger partial charge in [0.1, 0.15) is 0 Å². The summed E-state index contributed by atoms with van der Waals surface area (Å²) >= 11 is 0. The molecule has 0 bridgehead atoms. The molecule has 2 N–H and O–H groups in total.